The third-order valence-corrected chi connectivity index (χ3v) is 3.76. The fourth-order valence-corrected chi connectivity index (χ4v) is 2.90. The van der Waals surface area contributed by atoms with Crippen LogP contribution in [0.25, 0.3) is 5.76 Å². The highest BCUT2D eigenvalue weighted by Gasteiger charge is 2.16. The Morgan fingerprint density at radius 3 is 2.35 bits per heavy atom. The van der Waals surface area contributed by atoms with Gasteiger partial charge in [-0.25, -0.2) is 0 Å². The molecule has 0 aliphatic heterocycles. The maximum atomic E-state index is 6.32. The molecule has 1 aliphatic rings. The number of ether oxygens (including phenoxy) is 1. The average Bonchev–Trinajstić information content (AvgIpc) is 2.46. The molecule has 2 heteroatoms. The Morgan fingerprint density at radius 1 is 1.10 bits per heavy atom. The Balaban J connectivity index is 2.20. The molecule has 1 aromatic rings. The molecule has 110 valence electrons. The Hall–Kier alpha value is -1.28. The summed E-state index contributed by atoms with van der Waals surface area (Å²) in [5, 5.41) is 0. The lowest BCUT2D eigenvalue weighted by molar-refractivity contribution is 0.145. The summed E-state index contributed by atoms with van der Waals surface area (Å²) in [4.78, 5) is 2.18. The summed E-state index contributed by atoms with van der Waals surface area (Å²) in [5.41, 5.74) is 2.74. The van der Waals surface area contributed by atoms with E-state index < -0.39 is 0 Å². The van der Waals surface area contributed by atoms with E-state index in [0.29, 0.717) is 0 Å². The molecule has 1 aliphatic carbocycles. The van der Waals surface area contributed by atoms with Gasteiger partial charge in [-0.1, -0.05) is 36.8 Å². The Bertz CT molecular complexity index is 428. The van der Waals surface area contributed by atoms with E-state index in [2.05, 4.69) is 56.3 Å². The summed E-state index contributed by atoms with van der Waals surface area (Å²) in [5.74, 6) is 1.14. The van der Waals surface area contributed by atoms with Crippen molar-refractivity contribution in [1.82, 2.24) is 4.90 Å². The van der Waals surface area contributed by atoms with Gasteiger partial charge in [0.05, 0.1) is 0 Å². The first-order valence-corrected chi connectivity index (χ1v) is 7.75. The molecule has 1 saturated carbocycles. The van der Waals surface area contributed by atoms with Crippen LogP contribution in [0.4, 0.5) is 0 Å². The fraction of sp³-hybridized carbons (Fsp3) is 0.556. The maximum Gasteiger partial charge on any atom is 0.126 e. The standard InChI is InChI=1S/C18H27NO/c1-15(14-19(2)3)20-18(16-10-6-4-7-11-16)17-12-8-5-9-13-17/h4,6-7,10-11,15H,5,8-9,12-14H2,1-3H3. The van der Waals surface area contributed by atoms with Crippen molar-refractivity contribution in [1.29, 1.82) is 0 Å². The van der Waals surface area contributed by atoms with E-state index in [9.17, 15) is 0 Å². The van der Waals surface area contributed by atoms with Crippen molar-refractivity contribution in [3.8, 4) is 0 Å². The number of nitrogens with zero attached hydrogens (tertiary/aromatic N) is 1. The van der Waals surface area contributed by atoms with Crippen LogP contribution in [0.3, 0.4) is 0 Å². The maximum absolute atomic E-state index is 6.32. The molecule has 2 nitrogen and oxygen atoms in total. The Labute approximate surface area is 123 Å². The van der Waals surface area contributed by atoms with Crippen LogP contribution >= 0.6 is 0 Å². The first-order chi connectivity index (χ1) is 9.66. The molecule has 1 unspecified atom stereocenters. The SMILES string of the molecule is CC(CN(C)C)OC(=C1CCCCC1)c1ccccc1. The van der Waals surface area contributed by atoms with Gasteiger partial charge in [0.25, 0.3) is 0 Å². The van der Waals surface area contributed by atoms with Crippen LogP contribution in [0, 0.1) is 0 Å². The number of hydrogen-bond donors (Lipinski definition) is 0. The van der Waals surface area contributed by atoms with Gasteiger partial charge in [0, 0.05) is 12.1 Å². The van der Waals surface area contributed by atoms with Gasteiger partial charge in [0.15, 0.2) is 0 Å². The van der Waals surface area contributed by atoms with Crippen LogP contribution in [-0.2, 0) is 4.74 Å². The summed E-state index contributed by atoms with van der Waals surface area (Å²) in [6, 6.07) is 10.6. The summed E-state index contributed by atoms with van der Waals surface area (Å²) in [6.07, 6.45) is 6.57. The Morgan fingerprint density at radius 2 is 1.75 bits per heavy atom. The predicted molar refractivity (Wildman–Crippen MR) is 85.5 cm³/mol. The minimum atomic E-state index is 0.217. The molecular weight excluding hydrogens is 246 g/mol. The van der Waals surface area contributed by atoms with E-state index in [-0.39, 0.29) is 6.10 Å². The first-order valence-electron chi connectivity index (χ1n) is 7.75. The van der Waals surface area contributed by atoms with Gasteiger partial charge in [-0.15, -0.1) is 0 Å². The van der Waals surface area contributed by atoms with E-state index in [1.54, 1.807) is 0 Å². The van der Waals surface area contributed by atoms with Gasteiger partial charge in [-0.3, -0.25) is 0 Å². The largest absolute Gasteiger partial charge is 0.489 e. The van der Waals surface area contributed by atoms with Gasteiger partial charge in [0.1, 0.15) is 11.9 Å². The van der Waals surface area contributed by atoms with E-state index in [1.807, 2.05) is 0 Å². The van der Waals surface area contributed by atoms with Crippen LogP contribution < -0.4 is 0 Å². The zero-order valence-electron chi connectivity index (χ0n) is 13.1. The normalized spacial score (nSPS) is 17.1. The third-order valence-electron chi connectivity index (χ3n) is 3.76. The first kappa shape index (κ1) is 15.1. The van der Waals surface area contributed by atoms with Crippen molar-refractivity contribution >= 4 is 5.76 Å². The second-order valence-corrected chi connectivity index (χ2v) is 6.05. The molecule has 1 aromatic carbocycles. The monoisotopic (exact) mass is 273 g/mol. The molecule has 2 rings (SSSR count). The lowest BCUT2D eigenvalue weighted by Gasteiger charge is -2.25. The highest BCUT2D eigenvalue weighted by atomic mass is 16.5. The van der Waals surface area contributed by atoms with Gasteiger partial charge < -0.3 is 9.64 Å². The van der Waals surface area contributed by atoms with E-state index in [1.165, 1.54) is 43.2 Å². The number of likely N-dealkylation sites (N-methyl/N-ethyl adjacent to an activating group) is 1. The molecule has 20 heavy (non-hydrogen) atoms. The van der Waals surface area contributed by atoms with Crippen molar-refractivity contribution in [2.45, 2.75) is 45.1 Å². The van der Waals surface area contributed by atoms with Crippen molar-refractivity contribution in [2.75, 3.05) is 20.6 Å². The molecule has 1 atom stereocenters. The van der Waals surface area contributed by atoms with Crippen molar-refractivity contribution in [2.24, 2.45) is 0 Å². The molecular formula is C18H27NO. The smallest absolute Gasteiger partial charge is 0.126 e. The molecule has 0 bridgehead atoms. The fourth-order valence-electron chi connectivity index (χ4n) is 2.90. The van der Waals surface area contributed by atoms with E-state index in [0.717, 1.165) is 12.3 Å². The van der Waals surface area contributed by atoms with E-state index >= 15 is 0 Å². The Kier molecular flexibility index (Phi) is 5.66. The molecule has 0 aromatic heterocycles. The molecule has 0 spiro atoms. The van der Waals surface area contributed by atoms with Gasteiger partial charge >= 0.3 is 0 Å². The summed E-state index contributed by atoms with van der Waals surface area (Å²) < 4.78 is 6.32. The van der Waals surface area contributed by atoms with Crippen molar-refractivity contribution < 1.29 is 4.74 Å². The van der Waals surface area contributed by atoms with E-state index in [4.69, 9.17) is 4.74 Å². The van der Waals surface area contributed by atoms with Crippen molar-refractivity contribution in [3.63, 3.8) is 0 Å². The molecule has 1 fully saturated rings. The van der Waals surface area contributed by atoms with Crippen LogP contribution in [0.1, 0.15) is 44.6 Å². The molecule has 0 N–H and O–H groups in total. The average molecular weight is 273 g/mol. The molecule has 0 radical (unpaired) electrons. The number of allylic oxidation sites excluding steroid dienone is 1. The number of rotatable bonds is 5. The summed E-state index contributed by atoms with van der Waals surface area (Å²) in [7, 11) is 4.19. The minimum absolute atomic E-state index is 0.217. The minimum Gasteiger partial charge on any atom is -0.489 e. The second kappa shape index (κ2) is 7.49. The second-order valence-electron chi connectivity index (χ2n) is 6.05. The highest BCUT2D eigenvalue weighted by Crippen LogP contribution is 2.32. The summed E-state index contributed by atoms with van der Waals surface area (Å²) in [6.45, 7) is 3.11. The molecule has 0 heterocycles. The highest BCUT2D eigenvalue weighted by molar-refractivity contribution is 5.63. The van der Waals surface area contributed by atoms with Crippen LogP contribution in [0.15, 0.2) is 35.9 Å². The topological polar surface area (TPSA) is 12.5 Å². The van der Waals surface area contributed by atoms with Crippen molar-refractivity contribution in [3.05, 3.63) is 41.5 Å². The quantitative estimate of drug-likeness (QED) is 0.740. The zero-order chi connectivity index (χ0) is 14.4. The third kappa shape index (κ3) is 4.38. The number of hydrogen-bond acceptors (Lipinski definition) is 2. The van der Waals surface area contributed by atoms with Crippen LogP contribution in [0.5, 0.6) is 0 Å². The lowest BCUT2D eigenvalue weighted by atomic mass is 9.92. The molecule has 0 saturated heterocycles. The van der Waals surface area contributed by atoms with Gasteiger partial charge in [-0.05, 0) is 52.3 Å². The zero-order valence-corrected chi connectivity index (χ0v) is 13.1. The van der Waals surface area contributed by atoms with Gasteiger partial charge in [0.2, 0.25) is 0 Å². The molecule has 0 amide bonds. The summed E-state index contributed by atoms with van der Waals surface area (Å²) >= 11 is 0. The van der Waals surface area contributed by atoms with Gasteiger partial charge in [-0.2, -0.15) is 0 Å². The van der Waals surface area contributed by atoms with Crippen LogP contribution in [0.2, 0.25) is 0 Å². The van der Waals surface area contributed by atoms with Crippen LogP contribution in [-0.4, -0.2) is 31.6 Å². The number of benzene rings is 1. The predicted octanol–water partition coefficient (Wildman–Crippen LogP) is 4.33. The lowest BCUT2D eigenvalue weighted by Crippen LogP contribution is -2.25.